The molecule has 1 aromatic rings. The number of hydrogen-bond acceptors (Lipinski definition) is 3. The molecule has 0 radical (unpaired) electrons. The molecule has 1 unspecified atom stereocenters. The Morgan fingerprint density at radius 2 is 2.16 bits per heavy atom. The van der Waals surface area contributed by atoms with Crippen LogP contribution in [0.5, 0.6) is 0 Å². The van der Waals surface area contributed by atoms with E-state index >= 15 is 0 Å². The van der Waals surface area contributed by atoms with Crippen molar-refractivity contribution in [3.8, 4) is 0 Å². The van der Waals surface area contributed by atoms with Crippen LogP contribution in [-0.4, -0.2) is 31.2 Å². The predicted octanol–water partition coefficient (Wildman–Crippen LogP) is 2.55. The van der Waals surface area contributed by atoms with E-state index in [1.807, 2.05) is 24.3 Å². The Kier molecular flexibility index (Phi) is 4.96. The molecule has 0 aromatic heterocycles. The highest BCUT2D eigenvalue weighted by atomic mass is 79.9. The van der Waals surface area contributed by atoms with Gasteiger partial charge in [0.15, 0.2) is 0 Å². The summed E-state index contributed by atoms with van der Waals surface area (Å²) in [7, 11) is 0. The SMILES string of the molecule is CC1(NCC(=O)Nc2ccc(Br)cc2)CCCOC1. The van der Waals surface area contributed by atoms with Crippen molar-refractivity contribution in [1.29, 1.82) is 0 Å². The maximum Gasteiger partial charge on any atom is 0.238 e. The second-order valence-corrected chi connectivity index (χ2v) is 6.04. The molecule has 1 saturated heterocycles. The van der Waals surface area contributed by atoms with Crippen molar-refractivity contribution in [3.63, 3.8) is 0 Å². The third-order valence-electron chi connectivity index (χ3n) is 3.24. The van der Waals surface area contributed by atoms with Crippen LogP contribution in [0.15, 0.2) is 28.7 Å². The molecule has 2 rings (SSSR count). The van der Waals surface area contributed by atoms with E-state index in [-0.39, 0.29) is 11.4 Å². The van der Waals surface area contributed by atoms with Gasteiger partial charge in [0.05, 0.1) is 13.2 Å². The average molecular weight is 327 g/mol. The number of carbonyl (C=O) groups excluding carboxylic acids is 1. The Hall–Kier alpha value is -0.910. The first-order valence-corrected chi connectivity index (χ1v) is 7.25. The van der Waals surface area contributed by atoms with Crippen LogP contribution in [0, 0.1) is 0 Å². The molecule has 1 amide bonds. The van der Waals surface area contributed by atoms with Crippen LogP contribution in [-0.2, 0) is 9.53 Å². The summed E-state index contributed by atoms with van der Waals surface area (Å²) in [5.74, 6) is -0.0332. The molecule has 4 nitrogen and oxygen atoms in total. The maximum absolute atomic E-state index is 11.9. The zero-order chi connectivity index (χ0) is 13.7. The molecule has 104 valence electrons. The van der Waals surface area contributed by atoms with Crippen molar-refractivity contribution >= 4 is 27.5 Å². The van der Waals surface area contributed by atoms with E-state index in [1.165, 1.54) is 0 Å². The normalized spacial score (nSPS) is 23.1. The fraction of sp³-hybridized carbons (Fsp3) is 0.500. The van der Waals surface area contributed by atoms with Crippen molar-refractivity contribution in [2.75, 3.05) is 25.1 Å². The number of amides is 1. The lowest BCUT2D eigenvalue weighted by Crippen LogP contribution is -2.51. The van der Waals surface area contributed by atoms with E-state index < -0.39 is 0 Å². The Labute approximate surface area is 122 Å². The largest absolute Gasteiger partial charge is 0.380 e. The molecule has 5 heteroatoms. The number of benzene rings is 1. The van der Waals surface area contributed by atoms with Gasteiger partial charge in [-0.3, -0.25) is 4.79 Å². The van der Waals surface area contributed by atoms with Gasteiger partial charge in [0.2, 0.25) is 5.91 Å². The molecule has 2 N–H and O–H groups in total. The minimum atomic E-state index is -0.0880. The number of hydrogen-bond donors (Lipinski definition) is 2. The molecule has 1 fully saturated rings. The first kappa shape index (κ1) is 14.5. The summed E-state index contributed by atoms with van der Waals surface area (Å²) >= 11 is 3.36. The van der Waals surface area contributed by atoms with Crippen LogP contribution < -0.4 is 10.6 Å². The van der Waals surface area contributed by atoms with Gasteiger partial charge >= 0.3 is 0 Å². The fourth-order valence-electron chi connectivity index (χ4n) is 2.11. The van der Waals surface area contributed by atoms with Crippen molar-refractivity contribution in [3.05, 3.63) is 28.7 Å². The monoisotopic (exact) mass is 326 g/mol. The Balaban J connectivity index is 1.79. The number of halogens is 1. The predicted molar refractivity (Wildman–Crippen MR) is 79.2 cm³/mol. The van der Waals surface area contributed by atoms with Gasteiger partial charge in [0, 0.05) is 22.3 Å². The fourth-order valence-corrected chi connectivity index (χ4v) is 2.37. The zero-order valence-electron chi connectivity index (χ0n) is 11.0. The maximum atomic E-state index is 11.9. The number of anilines is 1. The Morgan fingerprint density at radius 1 is 1.42 bits per heavy atom. The highest BCUT2D eigenvalue weighted by Gasteiger charge is 2.27. The highest BCUT2D eigenvalue weighted by molar-refractivity contribution is 9.10. The Morgan fingerprint density at radius 3 is 2.79 bits per heavy atom. The topological polar surface area (TPSA) is 50.4 Å². The van der Waals surface area contributed by atoms with Gasteiger partial charge in [-0.1, -0.05) is 15.9 Å². The zero-order valence-corrected chi connectivity index (χ0v) is 12.6. The number of rotatable bonds is 4. The molecule has 0 bridgehead atoms. The molecule has 0 saturated carbocycles. The average Bonchev–Trinajstić information content (AvgIpc) is 2.40. The third-order valence-corrected chi connectivity index (χ3v) is 3.77. The van der Waals surface area contributed by atoms with E-state index in [0.29, 0.717) is 13.2 Å². The van der Waals surface area contributed by atoms with Gasteiger partial charge in [-0.25, -0.2) is 0 Å². The summed E-state index contributed by atoms with van der Waals surface area (Å²) in [4.78, 5) is 11.9. The lowest BCUT2D eigenvalue weighted by Gasteiger charge is -2.34. The van der Waals surface area contributed by atoms with Gasteiger partial charge in [-0.15, -0.1) is 0 Å². The summed E-state index contributed by atoms with van der Waals surface area (Å²) in [5.41, 5.74) is 0.718. The van der Waals surface area contributed by atoms with Gasteiger partial charge < -0.3 is 15.4 Å². The quantitative estimate of drug-likeness (QED) is 0.894. The van der Waals surface area contributed by atoms with Gasteiger partial charge in [0.25, 0.3) is 0 Å². The lowest BCUT2D eigenvalue weighted by molar-refractivity contribution is -0.116. The smallest absolute Gasteiger partial charge is 0.238 e. The van der Waals surface area contributed by atoms with E-state index in [0.717, 1.165) is 29.6 Å². The van der Waals surface area contributed by atoms with E-state index in [2.05, 4.69) is 33.5 Å². The van der Waals surface area contributed by atoms with Crippen molar-refractivity contribution < 1.29 is 9.53 Å². The third kappa shape index (κ3) is 4.60. The van der Waals surface area contributed by atoms with E-state index in [1.54, 1.807) is 0 Å². The summed E-state index contributed by atoms with van der Waals surface area (Å²) < 4.78 is 6.45. The molecular formula is C14H19BrN2O2. The molecule has 1 aliphatic heterocycles. The van der Waals surface area contributed by atoms with Crippen LogP contribution in [0.2, 0.25) is 0 Å². The van der Waals surface area contributed by atoms with E-state index in [9.17, 15) is 4.79 Å². The second kappa shape index (κ2) is 6.50. The first-order chi connectivity index (χ1) is 9.07. The van der Waals surface area contributed by atoms with Crippen molar-refractivity contribution in [2.24, 2.45) is 0 Å². The van der Waals surface area contributed by atoms with Gasteiger partial charge in [0.1, 0.15) is 0 Å². The standard InChI is InChI=1S/C14H19BrN2O2/c1-14(7-2-8-19-10-14)16-9-13(18)17-12-5-3-11(15)4-6-12/h3-6,16H,2,7-10H2,1H3,(H,17,18). The number of ether oxygens (including phenoxy) is 1. The molecule has 1 aromatic carbocycles. The van der Waals surface area contributed by atoms with Crippen molar-refractivity contribution in [2.45, 2.75) is 25.3 Å². The molecule has 1 aliphatic rings. The highest BCUT2D eigenvalue weighted by Crippen LogP contribution is 2.18. The minimum Gasteiger partial charge on any atom is -0.380 e. The second-order valence-electron chi connectivity index (χ2n) is 5.13. The molecule has 1 heterocycles. The summed E-state index contributed by atoms with van der Waals surface area (Å²) in [6.45, 7) is 3.88. The van der Waals surface area contributed by atoms with Crippen LogP contribution in [0.1, 0.15) is 19.8 Å². The molecule has 19 heavy (non-hydrogen) atoms. The molecule has 0 aliphatic carbocycles. The van der Waals surface area contributed by atoms with Gasteiger partial charge in [-0.05, 0) is 44.0 Å². The molecular weight excluding hydrogens is 308 g/mol. The minimum absolute atomic E-state index is 0.0332. The summed E-state index contributed by atoms with van der Waals surface area (Å²) in [6.07, 6.45) is 2.08. The van der Waals surface area contributed by atoms with E-state index in [4.69, 9.17) is 4.74 Å². The molecule has 1 atom stereocenters. The number of carbonyl (C=O) groups is 1. The van der Waals surface area contributed by atoms with Crippen LogP contribution in [0.3, 0.4) is 0 Å². The van der Waals surface area contributed by atoms with Gasteiger partial charge in [-0.2, -0.15) is 0 Å². The molecule has 0 spiro atoms. The first-order valence-electron chi connectivity index (χ1n) is 6.46. The van der Waals surface area contributed by atoms with Crippen LogP contribution in [0.25, 0.3) is 0 Å². The number of nitrogens with one attached hydrogen (secondary N) is 2. The Bertz CT molecular complexity index is 428. The van der Waals surface area contributed by atoms with Crippen molar-refractivity contribution in [1.82, 2.24) is 5.32 Å². The van der Waals surface area contributed by atoms with Crippen LogP contribution in [0.4, 0.5) is 5.69 Å². The lowest BCUT2D eigenvalue weighted by atomic mass is 9.95. The summed E-state index contributed by atoms with van der Waals surface area (Å²) in [6, 6.07) is 7.54. The van der Waals surface area contributed by atoms with Crippen LogP contribution >= 0.6 is 15.9 Å². The summed E-state index contributed by atoms with van der Waals surface area (Å²) in [5, 5.41) is 6.15.